The molecule has 0 aliphatic rings. The Morgan fingerprint density at radius 1 is 1.03 bits per heavy atom. The van der Waals surface area contributed by atoms with E-state index in [0.29, 0.717) is 35.1 Å². The predicted octanol–water partition coefficient (Wildman–Crippen LogP) is 3.55. The first-order valence-electron chi connectivity index (χ1n) is 9.39. The number of halogens is 2. The zero-order valence-corrected chi connectivity index (χ0v) is 17.2. The standard InChI is InChI=1S/C22H21F2N3O2S/c1-14-19(12-20(28)25-11-10-15-2-6-17(23)7-3-15)21(29)27-22(26-14)30-13-16-4-8-18(24)9-5-16/h2-9H,10-13H2,1H3,(H,25,28)(H,26,27,29). The van der Waals surface area contributed by atoms with Gasteiger partial charge in [0.25, 0.3) is 5.56 Å². The number of H-pyrrole nitrogens is 1. The number of benzene rings is 2. The first-order valence-corrected chi connectivity index (χ1v) is 10.4. The number of thioether (sulfide) groups is 1. The van der Waals surface area contributed by atoms with Crippen molar-refractivity contribution in [2.45, 2.75) is 30.7 Å². The van der Waals surface area contributed by atoms with Crippen LogP contribution in [0.4, 0.5) is 8.78 Å². The summed E-state index contributed by atoms with van der Waals surface area (Å²) in [6, 6.07) is 12.2. The van der Waals surface area contributed by atoms with Crippen LogP contribution in [0.25, 0.3) is 0 Å². The molecule has 0 saturated carbocycles. The highest BCUT2D eigenvalue weighted by Crippen LogP contribution is 2.19. The largest absolute Gasteiger partial charge is 0.355 e. The number of carbonyl (C=O) groups excluding carboxylic acids is 1. The average molecular weight is 429 g/mol. The zero-order chi connectivity index (χ0) is 21.5. The molecule has 156 valence electrons. The average Bonchev–Trinajstić information content (AvgIpc) is 2.72. The molecule has 0 bridgehead atoms. The Labute approximate surface area is 177 Å². The van der Waals surface area contributed by atoms with E-state index in [1.54, 1.807) is 31.2 Å². The zero-order valence-electron chi connectivity index (χ0n) is 16.4. The third-order valence-electron chi connectivity index (χ3n) is 4.48. The Morgan fingerprint density at radius 3 is 2.23 bits per heavy atom. The molecule has 1 amide bonds. The SMILES string of the molecule is Cc1nc(SCc2ccc(F)cc2)[nH]c(=O)c1CC(=O)NCCc1ccc(F)cc1. The minimum atomic E-state index is -0.349. The number of nitrogens with one attached hydrogen (secondary N) is 2. The van der Waals surface area contributed by atoms with Crippen molar-refractivity contribution in [2.24, 2.45) is 0 Å². The molecule has 2 N–H and O–H groups in total. The minimum Gasteiger partial charge on any atom is -0.355 e. The fourth-order valence-corrected chi connectivity index (χ4v) is 3.68. The molecule has 0 unspecified atom stereocenters. The molecule has 0 radical (unpaired) electrons. The molecule has 0 saturated heterocycles. The van der Waals surface area contributed by atoms with E-state index in [1.807, 2.05) is 0 Å². The lowest BCUT2D eigenvalue weighted by atomic mass is 10.1. The molecular formula is C22H21F2N3O2S. The second-order valence-electron chi connectivity index (χ2n) is 6.75. The summed E-state index contributed by atoms with van der Waals surface area (Å²) in [5, 5.41) is 3.21. The van der Waals surface area contributed by atoms with Crippen LogP contribution >= 0.6 is 11.8 Å². The molecule has 5 nitrogen and oxygen atoms in total. The third kappa shape index (κ3) is 6.25. The number of aryl methyl sites for hydroxylation is 1. The van der Waals surface area contributed by atoms with Gasteiger partial charge in [0.2, 0.25) is 5.91 Å². The lowest BCUT2D eigenvalue weighted by Gasteiger charge is -2.08. The third-order valence-corrected chi connectivity index (χ3v) is 5.42. The lowest BCUT2D eigenvalue weighted by molar-refractivity contribution is -0.120. The van der Waals surface area contributed by atoms with Gasteiger partial charge in [-0.2, -0.15) is 0 Å². The molecular weight excluding hydrogens is 408 g/mol. The van der Waals surface area contributed by atoms with E-state index in [0.717, 1.165) is 11.1 Å². The van der Waals surface area contributed by atoms with E-state index in [1.165, 1.54) is 36.0 Å². The molecule has 0 fully saturated rings. The van der Waals surface area contributed by atoms with Crippen LogP contribution < -0.4 is 10.9 Å². The van der Waals surface area contributed by atoms with E-state index in [4.69, 9.17) is 0 Å². The van der Waals surface area contributed by atoms with Gasteiger partial charge >= 0.3 is 0 Å². The summed E-state index contributed by atoms with van der Waals surface area (Å²) in [6.07, 6.45) is 0.499. The summed E-state index contributed by atoms with van der Waals surface area (Å²) in [7, 11) is 0. The van der Waals surface area contributed by atoms with Gasteiger partial charge in [0, 0.05) is 23.6 Å². The molecule has 0 aliphatic heterocycles. The highest BCUT2D eigenvalue weighted by Gasteiger charge is 2.13. The number of hydrogen-bond acceptors (Lipinski definition) is 4. The normalized spacial score (nSPS) is 10.8. The van der Waals surface area contributed by atoms with Crippen molar-refractivity contribution < 1.29 is 13.6 Å². The van der Waals surface area contributed by atoms with Crippen molar-refractivity contribution in [1.82, 2.24) is 15.3 Å². The minimum absolute atomic E-state index is 0.0690. The maximum atomic E-state index is 13.0. The summed E-state index contributed by atoms with van der Waals surface area (Å²) < 4.78 is 25.9. The summed E-state index contributed by atoms with van der Waals surface area (Å²) in [5.41, 5.74) is 2.29. The van der Waals surface area contributed by atoms with Gasteiger partial charge in [-0.25, -0.2) is 13.8 Å². The van der Waals surface area contributed by atoms with Gasteiger partial charge in [-0.15, -0.1) is 0 Å². The van der Waals surface area contributed by atoms with Crippen LogP contribution in [0.15, 0.2) is 58.5 Å². The topological polar surface area (TPSA) is 74.8 Å². The van der Waals surface area contributed by atoms with Gasteiger partial charge in [0.15, 0.2) is 5.16 Å². The molecule has 1 aromatic heterocycles. The van der Waals surface area contributed by atoms with Crippen LogP contribution in [-0.4, -0.2) is 22.4 Å². The fourth-order valence-electron chi connectivity index (χ4n) is 2.81. The highest BCUT2D eigenvalue weighted by molar-refractivity contribution is 7.98. The highest BCUT2D eigenvalue weighted by atomic mass is 32.2. The lowest BCUT2D eigenvalue weighted by Crippen LogP contribution is -2.30. The summed E-state index contributed by atoms with van der Waals surface area (Å²) >= 11 is 1.33. The van der Waals surface area contributed by atoms with E-state index >= 15 is 0 Å². The van der Waals surface area contributed by atoms with Crippen molar-refractivity contribution in [3.05, 3.63) is 92.9 Å². The fraction of sp³-hybridized carbons (Fsp3) is 0.227. The Bertz CT molecular complexity index is 1070. The Hall–Kier alpha value is -3.00. The van der Waals surface area contributed by atoms with E-state index in [9.17, 15) is 18.4 Å². The van der Waals surface area contributed by atoms with E-state index in [2.05, 4.69) is 15.3 Å². The van der Waals surface area contributed by atoms with Gasteiger partial charge in [-0.1, -0.05) is 36.0 Å². The second-order valence-corrected chi connectivity index (χ2v) is 7.72. The molecule has 0 atom stereocenters. The Balaban J connectivity index is 1.54. The molecule has 30 heavy (non-hydrogen) atoms. The van der Waals surface area contributed by atoms with E-state index < -0.39 is 0 Å². The quantitative estimate of drug-likeness (QED) is 0.424. The summed E-state index contributed by atoms with van der Waals surface area (Å²) in [5.74, 6) is -0.346. The number of amides is 1. The van der Waals surface area contributed by atoms with Crippen LogP contribution in [0.3, 0.4) is 0 Å². The number of aromatic amines is 1. The first-order chi connectivity index (χ1) is 14.4. The summed E-state index contributed by atoms with van der Waals surface area (Å²) in [6.45, 7) is 2.08. The van der Waals surface area contributed by atoms with Crippen LogP contribution in [-0.2, 0) is 23.4 Å². The predicted molar refractivity (Wildman–Crippen MR) is 112 cm³/mol. The number of hydrogen-bond donors (Lipinski definition) is 2. The van der Waals surface area contributed by atoms with Crippen LogP contribution in [0.1, 0.15) is 22.4 Å². The molecule has 0 aliphatic carbocycles. The summed E-state index contributed by atoms with van der Waals surface area (Å²) in [4.78, 5) is 31.7. The number of carbonyl (C=O) groups is 1. The molecule has 3 rings (SSSR count). The first kappa shape index (κ1) is 21.7. The maximum absolute atomic E-state index is 13.0. The Kier molecular flexibility index (Phi) is 7.35. The van der Waals surface area contributed by atoms with Crippen molar-refractivity contribution in [2.75, 3.05) is 6.54 Å². The number of rotatable bonds is 8. The van der Waals surface area contributed by atoms with Crippen molar-refractivity contribution in [3.8, 4) is 0 Å². The van der Waals surface area contributed by atoms with Gasteiger partial charge in [0.1, 0.15) is 11.6 Å². The number of nitrogens with zero attached hydrogens (tertiary/aromatic N) is 1. The van der Waals surface area contributed by atoms with Gasteiger partial charge < -0.3 is 10.3 Å². The maximum Gasteiger partial charge on any atom is 0.255 e. The van der Waals surface area contributed by atoms with Crippen LogP contribution in [0.2, 0.25) is 0 Å². The van der Waals surface area contributed by atoms with Crippen molar-refractivity contribution in [1.29, 1.82) is 0 Å². The molecule has 3 aromatic rings. The monoisotopic (exact) mass is 429 g/mol. The van der Waals surface area contributed by atoms with Gasteiger partial charge in [-0.3, -0.25) is 9.59 Å². The second kappa shape index (κ2) is 10.2. The van der Waals surface area contributed by atoms with Crippen LogP contribution in [0, 0.1) is 18.6 Å². The molecule has 8 heteroatoms. The van der Waals surface area contributed by atoms with Crippen LogP contribution in [0.5, 0.6) is 0 Å². The molecule has 0 spiro atoms. The van der Waals surface area contributed by atoms with Gasteiger partial charge in [0.05, 0.1) is 6.42 Å². The van der Waals surface area contributed by atoms with Gasteiger partial charge in [-0.05, 0) is 48.7 Å². The smallest absolute Gasteiger partial charge is 0.255 e. The molecule has 1 heterocycles. The Morgan fingerprint density at radius 2 is 1.63 bits per heavy atom. The van der Waals surface area contributed by atoms with Crippen molar-refractivity contribution >= 4 is 17.7 Å². The van der Waals surface area contributed by atoms with Crippen molar-refractivity contribution in [3.63, 3.8) is 0 Å². The van der Waals surface area contributed by atoms with E-state index in [-0.39, 0.29) is 29.5 Å². The molecule has 2 aromatic carbocycles. The number of aromatic nitrogens is 2.